The number of piperidine rings is 1. The highest BCUT2D eigenvalue weighted by Gasteiger charge is 2.27. The third-order valence-electron chi connectivity index (χ3n) is 4.45. The number of amides is 1. The first-order chi connectivity index (χ1) is 11.3. The van der Waals surface area contributed by atoms with Gasteiger partial charge in [-0.1, -0.05) is 0 Å². The van der Waals surface area contributed by atoms with Gasteiger partial charge in [-0.05, 0) is 52.5 Å². The Labute approximate surface area is 142 Å². The number of likely N-dealkylation sites (tertiary alicyclic amines) is 1. The number of ether oxygens (including phenoxy) is 1. The fourth-order valence-corrected chi connectivity index (χ4v) is 3.22. The van der Waals surface area contributed by atoms with Crippen LogP contribution in [0.4, 0.5) is 4.79 Å². The van der Waals surface area contributed by atoms with Crippen LogP contribution in [0.25, 0.3) is 11.0 Å². The summed E-state index contributed by atoms with van der Waals surface area (Å²) in [7, 11) is 0. The third-order valence-corrected chi connectivity index (χ3v) is 4.45. The van der Waals surface area contributed by atoms with Gasteiger partial charge < -0.3 is 14.2 Å². The average molecular weight is 330 g/mol. The number of carbonyl (C=O) groups excluding carboxylic acids is 1. The Bertz CT molecular complexity index is 724. The molecule has 0 atom stereocenters. The van der Waals surface area contributed by atoms with Crippen molar-refractivity contribution in [3.8, 4) is 0 Å². The molecule has 0 spiro atoms. The van der Waals surface area contributed by atoms with E-state index in [9.17, 15) is 4.79 Å². The van der Waals surface area contributed by atoms with E-state index >= 15 is 0 Å². The lowest BCUT2D eigenvalue weighted by molar-refractivity contribution is 0.0178. The van der Waals surface area contributed by atoms with Gasteiger partial charge in [-0.2, -0.15) is 0 Å². The van der Waals surface area contributed by atoms with Gasteiger partial charge in [-0.25, -0.2) is 9.78 Å². The Hall–Kier alpha value is -2.11. The predicted octanol–water partition coefficient (Wildman–Crippen LogP) is 3.39. The van der Waals surface area contributed by atoms with Crippen molar-refractivity contribution >= 4 is 17.1 Å². The van der Waals surface area contributed by atoms with Crippen molar-refractivity contribution in [2.24, 2.45) is 5.92 Å². The zero-order valence-corrected chi connectivity index (χ0v) is 15.0. The van der Waals surface area contributed by atoms with Crippen molar-refractivity contribution in [1.29, 1.82) is 0 Å². The summed E-state index contributed by atoms with van der Waals surface area (Å²) in [6.45, 7) is 10.2. The van der Waals surface area contributed by atoms with Crippen molar-refractivity contribution in [3.05, 3.63) is 24.3 Å². The van der Waals surface area contributed by atoms with Crippen LogP contribution in [0, 0.1) is 12.8 Å². The number of nitrogens with zero attached hydrogens (tertiary/aromatic N) is 4. The molecule has 2 aromatic rings. The number of imidazole rings is 1. The summed E-state index contributed by atoms with van der Waals surface area (Å²) in [4.78, 5) is 22.7. The number of aromatic nitrogens is 3. The molecule has 0 aliphatic carbocycles. The molecule has 1 aliphatic heterocycles. The van der Waals surface area contributed by atoms with Crippen molar-refractivity contribution in [3.63, 3.8) is 0 Å². The second-order valence-corrected chi connectivity index (χ2v) is 7.54. The van der Waals surface area contributed by atoms with E-state index in [1.165, 1.54) is 0 Å². The molecule has 1 amide bonds. The Morgan fingerprint density at radius 2 is 2.04 bits per heavy atom. The highest BCUT2D eigenvalue weighted by molar-refractivity contribution is 5.74. The highest BCUT2D eigenvalue weighted by atomic mass is 16.6. The van der Waals surface area contributed by atoms with Gasteiger partial charge in [-0.3, -0.25) is 4.98 Å². The summed E-state index contributed by atoms with van der Waals surface area (Å²) in [6, 6.07) is 2.02. The molecule has 6 nitrogen and oxygen atoms in total. The number of rotatable bonds is 2. The van der Waals surface area contributed by atoms with Crippen molar-refractivity contribution in [2.45, 2.75) is 52.7 Å². The minimum Gasteiger partial charge on any atom is -0.444 e. The van der Waals surface area contributed by atoms with Crippen molar-refractivity contribution in [1.82, 2.24) is 19.4 Å². The molecule has 130 valence electrons. The van der Waals surface area contributed by atoms with Crippen LogP contribution >= 0.6 is 0 Å². The van der Waals surface area contributed by atoms with Crippen LogP contribution in [0.15, 0.2) is 18.5 Å². The van der Waals surface area contributed by atoms with E-state index in [0.717, 1.165) is 49.3 Å². The van der Waals surface area contributed by atoms with Crippen molar-refractivity contribution < 1.29 is 9.53 Å². The summed E-state index contributed by atoms with van der Waals surface area (Å²) in [5.74, 6) is 1.57. The van der Waals surface area contributed by atoms with Gasteiger partial charge in [0.1, 0.15) is 16.9 Å². The minimum absolute atomic E-state index is 0.198. The molecule has 1 saturated heterocycles. The van der Waals surface area contributed by atoms with Gasteiger partial charge in [0.05, 0.1) is 11.7 Å². The average Bonchev–Trinajstić information content (AvgIpc) is 2.82. The van der Waals surface area contributed by atoms with E-state index in [2.05, 4.69) is 14.5 Å². The zero-order chi connectivity index (χ0) is 17.3. The monoisotopic (exact) mass is 330 g/mol. The van der Waals surface area contributed by atoms with E-state index in [0.29, 0.717) is 5.92 Å². The number of carbonyl (C=O) groups is 1. The fraction of sp³-hybridized carbons (Fsp3) is 0.611. The molecule has 0 aromatic carbocycles. The zero-order valence-electron chi connectivity index (χ0n) is 15.0. The molecule has 3 rings (SSSR count). The topological polar surface area (TPSA) is 60.2 Å². The Morgan fingerprint density at radius 3 is 2.71 bits per heavy atom. The lowest BCUT2D eigenvalue weighted by atomic mass is 9.97. The van der Waals surface area contributed by atoms with Gasteiger partial charge in [0.15, 0.2) is 0 Å². The van der Waals surface area contributed by atoms with Crippen LogP contribution in [0.5, 0.6) is 0 Å². The number of aryl methyl sites for hydroxylation is 1. The standard InChI is InChI=1S/C18H26N4O2/c1-13-20-15-11-19-8-5-16(15)22(13)12-14-6-9-21(10-7-14)17(23)24-18(2,3)4/h5,8,11,14H,6-7,9-10,12H2,1-4H3. The molecular weight excluding hydrogens is 304 g/mol. The minimum atomic E-state index is -0.436. The van der Waals surface area contributed by atoms with E-state index in [1.807, 2.05) is 51.1 Å². The molecule has 0 saturated carbocycles. The fourth-order valence-electron chi connectivity index (χ4n) is 3.22. The Kier molecular flexibility index (Phi) is 4.47. The molecule has 2 aromatic heterocycles. The van der Waals surface area contributed by atoms with Crippen LogP contribution in [-0.2, 0) is 11.3 Å². The number of pyridine rings is 1. The molecule has 0 radical (unpaired) electrons. The number of hydrogen-bond acceptors (Lipinski definition) is 4. The third kappa shape index (κ3) is 3.68. The second-order valence-electron chi connectivity index (χ2n) is 7.54. The first-order valence-electron chi connectivity index (χ1n) is 8.58. The van der Waals surface area contributed by atoms with E-state index in [4.69, 9.17) is 4.74 Å². The smallest absolute Gasteiger partial charge is 0.410 e. The largest absolute Gasteiger partial charge is 0.444 e. The molecule has 0 N–H and O–H groups in total. The van der Waals surface area contributed by atoms with Crippen LogP contribution in [-0.4, -0.2) is 44.2 Å². The normalized spacial score (nSPS) is 16.6. The van der Waals surface area contributed by atoms with Crippen LogP contribution in [0.1, 0.15) is 39.4 Å². The first kappa shape index (κ1) is 16.7. The molecular formula is C18H26N4O2. The number of hydrogen-bond donors (Lipinski definition) is 0. The summed E-state index contributed by atoms with van der Waals surface area (Å²) < 4.78 is 7.73. The van der Waals surface area contributed by atoms with Gasteiger partial charge in [0.25, 0.3) is 0 Å². The summed E-state index contributed by atoms with van der Waals surface area (Å²) in [5, 5.41) is 0. The molecule has 0 unspecified atom stereocenters. The van der Waals surface area contributed by atoms with Crippen LogP contribution in [0.3, 0.4) is 0 Å². The highest BCUT2D eigenvalue weighted by Crippen LogP contribution is 2.24. The van der Waals surface area contributed by atoms with Gasteiger partial charge >= 0.3 is 6.09 Å². The quantitative estimate of drug-likeness (QED) is 0.847. The molecule has 3 heterocycles. The molecule has 1 aliphatic rings. The van der Waals surface area contributed by atoms with Gasteiger partial charge in [0.2, 0.25) is 0 Å². The van der Waals surface area contributed by atoms with E-state index < -0.39 is 5.60 Å². The van der Waals surface area contributed by atoms with Crippen LogP contribution < -0.4 is 0 Å². The predicted molar refractivity (Wildman–Crippen MR) is 92.8 cm³/mol. The maximum atomic E-state index is 12.1. The van der Waals surface area contributed by atoms with Crippen LogP contribution in [0.2, 0.25) is 0 Å². The first-order valence-corrected chi connectivity index (χ1v) is 8.58. The maximum Gasteiger partial charge on any atom is 0.410 e. The second kappa shape index (κ2) is 6.42. The van der Waals surface area contributed by atoms with E-state index in [1.54, 1.807) is 0 Å². The Morgan fingerprint density at radius 1 is 1.33 bits per heavy atom. The van der Waals surface area contributed by atoms with Gasteiger partial charge in [-0.15, -0.1) is 0 Å². The lowest BCUT2D eigenvalue weighted by Crippen LogP contribution is -2.42. The Balaban J connectivity index is 1.61. The molecule has 0 bridgehead atoms. The van der Waals surface area contributed by atoms with Gasteiger partial charge in [0, 0.05) is 25.8 Å². The lowest BCUT2D eigenvalue weighted by Gasteiger charge is -2.33. The van der Waals surface area contributed by atoms with Crippen molar-refractivity contribution in [2.75, 3.05) is 13.1 Å². The summed E-state index contributed by atoms with van der Waals surface area (Å²) in [6.07, 6.45) is 5.40. The molecule has 24 heavy (non-hydrogen) atoms. The maximum absolute atomic E-state index is 12.1. The summed E-state index contributed by atoms with van der Waals surface area (Å²) >= 11 is 0. The van der Waals surface area contributed by atoms with E-state index in [-0.39, 0.29) is 6.09 Å². The molecule has 1 fully saturated rings. The summed E-state index contributed by atoms with van der Waals surface area (Å²) in [5.41, 5.74) is 1.65. The number of fused-ring (bicyclic) bond motifs is 1. The SMILES string of the molecule is Cc1nc2cnccc2n1CC1CCN(C(=O)OC(C)(C)C)CC1. The molecule has 6 heteroatoms.